The zero-order chi connectivity index (χ0) is 16.8. The largest absolute Gasteiger partial charge is 0.487 e. The molecule has 0 aliphatic carbocycles. The van der Waals surface area contributed by atoms with Crippen molar-refractivity contribution in [3.63, 3.8) is 0 Å². The number of thiazole rings is 1. The number of furan rings is 1. The first kappa shape index (κ1) is 16.2. The molecular weight excluding hydrogens is 328 g/mol. The van der Waals surface area contributed by atoms with E-state index >= 15 is 0 Å². The van der Waals surface area contributed by atoms with E-state index in [2.05, 4.69) is 10.3 Å². The number of benzene rings is 1. The number of nitrogens with zero attached hydrogens (tertiary/aromatic N) is 1. The second kappa shape index (κ2) is 7.76. The summed E-state index contributed by atoms with van der Waals surface area (Å²) in [5, 5.41) is 14.5. The van der Waals surface area contributed by atoms with E-state index in [1.807, 2.05) is 5.38 Å². The van der Waals surface area contributed by atoms with Crippen LogP contribution in [0, 0.1) is 0 Å². The molecule has 0 aliphatic heterocycles. The molecular formula is C17H16N2O4S. The molecule has 1 atom stereocenters. The first-order valence-corrected chi connectivity index (χ1v) is 8.26. The van der Waals surface area contributed by atoms with Gasteiger partial charge >= 0.3 is 0 Å². The molecule has 0 radical (unpaired) electrons. The van der Waals surface area contributed by atoms with Crippen LogP contribution in [-0.2, 0) is 6.61 Å². The Morgan fingerprint density at radius 1 is 1.38 bits per heavy atom. The van der Waals surface area contributed by atoms with E-state index in [1.165, 1.54) is 17.6 Å². The van der Waals surface area contributed by atoms with Crippen molar-refractivity contribution >= 4 is 17.2 Å². The Morgan fingerprint density at radius 2 is 2.29 bits per heavy atom. The Bertz CT molecular complexity index is 772. The predicted molar refractivity (Wildman–Crippen MR) is 88.9 cm³/mol. The van der Waals surface area contributed by atoms with Crippen LogP contribution in [0.4, 0.5) is 0 Å². The van der Waals surface area contributed by atoms with Gasteiger partial charge in [0.15, 0.2) is 0 Å². The van der Waals surface area contributed by atoms with E-state index in [0.29, 0.717) is 23.7 Å². The first-order chi connectivity index (χ1) is 11.7. The van der Waals surface area contributed by atoms with Crippen LogP contribution in [0.25, 0.3) is 0 Å². The number of ether oxygens (including phenoxy) is 1. The molecule has 2 N–H and O–H groups in total. The normalized spacial score (nSPS) is 11.9. The summed E-state index contributed by atoms with van der Waals surface area (Å²) in [6.07, 6.45) is 0.594. The molecule has 0 bridgehead atoms. The third-order valence-electron chi connectivity index (χ3n) is 3.29. The lowest BCUT2D eigenvalue weighted by molar-refractivity contribution is 0.0900. The summed E-state index contributed by atoms with van der Waals surface area (Å²) < 4.78 is 10.7. The van der Waals surface area contributed by atoms with Gasteiger partial charge in [-0.05, 0) is 30.3 Å². The van der Waals surface area contributed by atoms with Crippen LogP contribution < -0.4 is 10.1 Å². The Balaban J connectivity index is 1.55. The number of aliphatic hydroxyl groups is 1. The Morgan fingerprint density at radius 3 is 3.04 bits per heavy atom. The third-order valence-corrected chi connectivity index (χ3v) is 3.93. The Labute approximate surface area is 142 Å². The topological polar surface area (TPSA) is 84.6 Å². The molecule has 1 aromatic carbocycles. The highest BCUT2D eigenvalue weighted by Gasteiger charge is 2.13. The maximum atomic E-state index is 12.2. The van der Waals surface area contributed by atoms with Crippen LogP contribution in [-0.4, -0.2) is 22.5 Å². The van der Waals surface area contributed by atoms with Gasteiger partial charge in [0.25, 0.3) is 5.91 Å². The van der Waals surface area contributed by atoms with E-state index in [1.54, 1.807) is 41.9 Å². The van der Waals surface area contributed by atoms with Gasteiger partial charge in [0, 0.05) is 10.9 Å². The average Bonchev–Trinajstić information content (AvgIpc) is 3.31. The van der Waals surface area contributed by atoms with Crippen molar-refractivity contribution in [1.82, 2.24) is 10.3 Å². The van der Waals surface area contributed by atoms with Crippen molar-refractivity contribution < 1.29 is 19.1 Å². The standard InChI is InChI=1S/C17H16N2O4S/c20-15(16-5-2-6-22-16)8-18-17(21)12-3-1-4-14(7-12)23-9-13-10-24-11-19-13/h1-7,10-11,15,20H,8-9H2,(H,18,21). The molecule has 0 fully saturated rings. The zero-order valence-corrected chi connectivity index (χ0v) is 13.5. The van der Waals surface area contributed by atoms with E-state index in [-0.39, 0.29) is 12.5 Å². The van der Waals surface area contributed by atoms with Crippen molar-refractivity contribution in [2.75, 3.05) is 6.54 Å². The van der Waals surface area contributed by atoms with Crippen molar-refractivity contribution in [3.8, 4) is 5.75 Å². The van der Waals surface area contributed by atoms with Gasteiger partial charge in [-0.3, -0.25) is 4.79 Å². The van der Waals surface area contributed by atoms with Crippen LogP contribution in [0.2, 0.25) is 0 Å². The van der Waals surface area contributed by atoms with Crippen LogP contribution in [0.3, 0.4) is 0 Å². The highest BCUT2D eigenvalue weighted by Crippen LogP contribution is 2.16. The maximum Gasteiger partial charge on any atom is 0.251 e. The van der Waals surface area contributed by atoms with Crippen molar-refractivity contribution in [2.45, 2.75) is 12.7 Å². The highest BCUT2D eigenvalue weighted by molar-refractivity contribution is 7.07. The van der Waals surface area contributed by atoms with E-state index in [9.17, 15) is 9.90 Å². The van der Waals surface area contributed by atoms with Crippen LogP contribution in [0.15, 0.2) is 58.0 Å². The molecule has 2 heterocycles. The number of amides is 1. The molecule has 2 aromatic heterocycles. The second-order valence-electron chi connectivity index (χ2n) is 5.04. The molecule has 0 spiro atoms. The number of hydrogen-bond acceptors (Lipinski definition) is 6. The minimum absolute atomic E-state index is 0.0657. The quantitative estimate of drug-likeness (QED) is 0.688. The van der Waals surface area contributed by atoms with Crippen molar-refractivity contribution in [3.05, 3.63) is 70.6 Å². The number of carbonyl (C=O) groups is 1. The first-order valence-electron chi connectivity index (χ1n) is 7.32. The minimum atomic E-state index is -0.881. The van der Waals surface area contributed by atoms with E-state index in [0.717, 1.165) is 5.69 Å². The molecule has 0 saturated carbocycles. The molecule has 124 valence electrons. The van der Waals surface area contributed by atoms with Crippen LogP contribution in [0.1, 0.15) is 27.9 Å². The highest BCUT2D eigenvalue weighted by atomic mass is 32.1. The molecule has 24 heavy (non-hydrogen) atoms. The van der Waals surface area contributed by atoms with Gasteiger partial charge in [0.05, 0.1) is 24.0 Å². The number of aliphatic hydroxyl groups excluding tert-OH is 1. The second-order valence-corrected chi connectivity index (χ2v) is 5.76. The van der Waals surface area contributed by atoms with Crippen LogP contribution in [0.5, 0.6) is 5.75 Å². The molecule has 1 unspecified atom stereocenters. The summed E-state index contributed by atoms with van der Waals surface area (Å²) >= 11 is 1.50. The fourth-order valence-corrected chi connectivity index (χ4v) is 2.61. The van der Waals surface area contributed by atoms with E-state index < -0.39 is 6.10 Å². The van der Waals surface area contributed by atoms with Gasteiger partial charge in [-0.15, -0.1) is 11.3 Å². The summed E-state index contributed by atoms with van der Waals surface area (Å²) in [6.45, 7) is 0.419. The number of carbonyl (C=O) groups excluding carboxylic acids is 1. The third kappa shape index (κ3) is 4.21. The molecule has 0 aliphatic rings. The lowest BCUT2D eigenvalue weighted by Gasteiger charge is -2.10. The SMILES string of the molecule is O=C(NCC(O)c1ccco1)c1cccc(OCc2cscn2)c1. The van der Waals surface area contributed by atoms with Gasteiger partial charge in [0.1, 0.15) is 24.2 Å². The molecule has 0 saturated heterocycles. The minimum Gasteiger partial charge on any atom is -0.487 e. The number of rotatable bonds is 7. The molecule has 7 heteroatoms. The molecule has 3 rings (SSSR count). The Kier molecular flexibility index (Phi) is 5.25. The van der Waals surface area contributed by atoms with Gasteiger partial charge in [-0.2, -0.15) is 0 Å². The summed E-state index contributed by atoms with van der Waals surface area (Å²) in [7, 11) is 0. The lowest BCUT2D eigenvalue weighted by Crippen LogP contribution is -2.28. The fraction of sp³-hybridized carbons (Fsp3) is 0.176. The van der Waals surface area contributed by atoms with Crippen molar-refractivity contribution in [2.24, 2.45) is 0 Å². The summed E-state index contributed by atoms with van der Waals surface area (Å²) in [6, 6.07) is 10.2. The maximum absolute atomic E-state index is 12.2. The monoisotopic (exact) mass is 344 g/mol. The lowest BCUT2D eigenvalue weighted by atomic mass is 10.2. The average molecular weight is 344 g/mol. The summed E-state index contributed by atoms with van der Waals surface area (Å²) in [5.74, 6) is 0.706. The Hall–Kier alpha value is -2.64. The zero-order valence-electron chi connectivity index (χ0n) is 12.7. The van der Waals surface area contributed by atoms with Gasteiger partial charge in [-0.25, -0.2) is 4.98 Å². The predicted octanol–water partition coefficient (Wildman–Crippen LogP) is 2.78. The number of aromatic nitrogens is 1. The van der Waals surface area contributed by atoms with Crippen molar-refractivity contribution in [1.29, 1.82) is 0 Å². The van der Waals surface area contributed by atoms with E-state index in [4.69, 9.17) is 9.15 Å². The molecule has 3 aromatic rings. The van der Waals surface area contributed by atoms with Crippen LogP contribution >= 0.6 is 11.3 Å². The number of nitrogens with one attached hydrogen (secondary N) is 1. The fourth-order valence-electron chi connectivity index (χ4n) is 2.07. The summed E-state index contributed by atoms with van der Waals surface area (Å²) in [5.41, 5.74) is 3.04. The summed E-state index contributed by atoms with van der Waals surface area (Å²) in [4.78, 5) is 16.3. The molecule has 1 amide bonds. The molecule has 6 nitrogen and oxygen atoms in total. The van der Waals surface area contributed by atoms with Gasteiger partial charge < -0.3 is 19.6 Å². The van der Waals surface area contributed by atoms with Gasteiger partial charge in [0.2, 0.25) is 0 Å². The van der Waals surface area contributed by atoms with Gasteiger partial charge in [-0.1, -0.05) is 6.07 Å². The number of hydrogen-bond donors (Lipinski definition) is 2. The smallest absolute Gasteiger partial charge is 0.251 e.